The lowest BCUT2D eigenvalue weighted by molar-refractivity contribution is -0.115. The summed E-state index contributed by atoms with van der Waals surface area (Å²) in [5.41, 5.74) is 2.09. The van der Waals surface area contributed by atoms with Gasteiger partial charge in [0.05, 0.1) is 40.5 Å². The Balaban J connectivity index is 1.17. The minimum Gasteiger partial charge on any atom is -0.494 e. The molecule has 4 aromatic rings. The zero-order valence-corrected chi connectivity index (χ0v) is 25.0. The van der Waals surface area contributed by atoms with Gasteiger partial charge < -0.3 is 29.9 Å². The van der Waals surface area contributed by atoms with Crippen LogP contribution in [0.25, 0.3) is 0 Å². The second-order valence-electron chi connectivity index (χ2n) is 10.8. The van der Waals surface area contributed by atoms with Gasteiger partial charge >= 0.3 is 0 Å². The van der Waals surface area contributed by atoms with Crippen LogP contribution in [0, 0.1) is 0 Å². The Bertz CT molecular complexity index is 1680. The summed E-state index contributed by atoms with van der Waals surface area (Å²) in [4.78, 5) is 18.0. The summed E-state index contributed by atoms with van der Waals surface area (Å²) in [5.74, 6) is 1.13. The zero-order chi connectivity index (χ0) is 29.9. The van der Waals surface area contributed by atoms with Gasteiger partial charge in [-0.15, -0.1) is 0 Å². The van der Waals surface area contributed by atoms with Crippen LogP contribution in [0.4, 0.5) is 29.0 Å². The van der Waals surface area contributed by atoms with Crippen molar-refractivity contribution in [3.63, 3.8) is 0 Å². The molecule has 0 amide bonds. The van der Waals surface area contributed by atoms with Gasteiger partial charge in [0, 0.05) is 37.9 Å². The molecule has 2 N–H and O–H groups in total. The lowest BCUT2D eigenvalue weighted by atomic mass is 9.89. The number of aromatic nitrogens is 3. The molecule has 12 heteroatoms. The summed E-state index contributed by atoms with van der Waals surface area (Å²) < 4.78 is 38.6. The smallest absolute Gasteiger partial charge is 0.232 e. The van der Waals surface area contributed by atoms with Crippen molar-refractivity contribution in [2.75, 3.05) is 62.5 Å². The van der Waals surface area contributed by atoms with Crippen molar-refractivity contribution in [3.05, 3.63) is 79.1 Å². The van der Waals surface area contributed by atoms with Crippen LogP contribution in [0.5, 0.6) is 5.75 Å². The first kappa shape index (κ1) is 28.8. The molecule has 0 bridgehead atoms. The third-order valence-electron chi connectivity index (χ3n) is 7.96. The standard InChI is InChI=1S/C31H35N7O4S/c1-37-18-19-42-31(21-37)14-16-38(17-15-31)23-12-13-25(27(20-23)41-2)34-29-32-22-33-30(36-29)35-26-10-6-7-11-28(26)43(39,40)24-8-4-3-5-9-24/h3-13,20,22H,14-19,21H2,1-2H3,(H2,32,33,34,35,36). The van der Waals surface area contributed by atoms with Crippen LogP contribution in [0.3, 0.4) is 0 Å². The molecule has 2 aliphatic heterocycles. The van der Waals surface area contributed by atoms with Crippen molar-refractivity contribution < 1.29 is 17.9 Å². The van der Waals surface area contributed by atoms with Gasteiger partial charge in [0.25, 0.3) is 0 Å². The predicted molar refractivity (Wildman–Crippen MR) is 165 cm³/mol. The average molecular weight is 602 g/mol. The molecule has 2 fully saturated rings. The van der Waals surface area contributed by atoms with E-state index in [4.69, 9.17) is 9.47 Å². The molecule has 11 nitrogen and oxygen atoms in total. The molecule has 0 unspecified atom stereocenters. The fourth-order valence-electron chi connectivity index (χ4n) is 5.68. The molecule has 224 valence electrons. The molecule has 3 heterocycles. The number of hydrogen-bond acceptors (Lipinski definition) is 11. The number of hydrogen-bond donors (Lipinski definition) is 2. The van der Waals surface area contributed by atoms with Gasteiger partial charge in [-0.1, -0.05) is 30.3 Å². The normalized spacial score (nSPS) is 17.0. The number of ether oxygens (including phenoxy) is 2. The van der Waals surface area contributed by atoms with E-state index >= 15 is 0 Å². The Kier molecular flexibility index (Phi) is 8.15. The highest BCUT2D eigenvalue weighted by Crippen LogP contribution is 2.36. The second kappa shape index (κ2) is 12.2. The number of para-hydroxylation sites is 1. The Morgan fingerprint density at radius 1 is 0.884 bits per heavy atom. The third-order valence-corrected chi connectivity index (χ3v) is 9.79. The average Bonchev–Trinajstić information content (AvgIpc) is 3.02. The molecule has 6 rings (SSSR count). The fraction of sp³-hybridized carbons (Fsp3) is 0.323. The Morgan fingerprint density at radius 2 is 1.58 bits per heavy atom. The molecule has 0 aliphatic carbocycles. The van der Waals surface area contributed by atoms with Crippen molar-refractivity contribution in [2.45, 2.75) is 28.2 Å². The van der Waals surface area contributed by atoms with E-state index in [0.717, 1.165) is 51.3 Å². The minimum atomic E-state index is -3.76. The number of methoxy groups -OCH3 is 1. The molecule has 2 saturated heterocycles. The van der Waals surface area contributed by atoms with Gasteiger partial charge in [0.1, 0.15) is 12.1 Å². The maximum Gasteiger partial charge on any atom is 0.232 e. The van der Waals surface area contributed by atoms with E-state index in [0.29, 0.717) is 17.1 Å². The van der Waals surface area contributed by atoms with Crippen LogP contribution >= 0.6 is 0 Å². The van der Waals surface area contributed by atoms with E-state index in [-0.39, 0.29) is 27.3 Å². The molecule has 2 aliphatic rings. The van der Waals surface area contributed by atoms with E-state index < -0.39 is 9.84 Å². The summed E-state index contributed by atoms with van der Waals surface area (Å²) >= 11 is 0. The number of likely N-dealkylation sites (N-methyl/N-ethyl adjacent to an activating group) is 1. The molecule has 1 spiro atoms. The number of morpholine rings is 1. The van der Waals surface area contributed by atoms with Crippen LogP contribution in [-0.4, -0.2) is 80.8 Å². The number of nitrogens with zero attached hydrogens (tertiary/aromatic N) is 5. The number of rotatable bonds is 8. The van der Waals surface area contributed by atoms with Gasteiger partial charge in [0.15, 0.2) is 0 Å². The van der Waals surface area contributed by atoms with Crippen molar-refractivity contribution in [2.24, 2.45) is 0 Å². The number of anilines is 5. The Morgan fingerprint density at radius 3 is 2.30 bits per heavy atom. The molecule has 3 aromatic carbocycles. The van der Waals surface area contributed by atoms with Gasteiger partial charge in [-0.3, -0.25) is 0 Å². The quantitative estimate of drug-likeness (QED) is 0.297. The molecular formula is C31H35N7O4S. The van der Waals surface area contributed by atoms with Gasteiger partial charge in [-0.2, -0.15) is 4.98 Å². The Hall–Kier alpha value is -4.26. The van der Waals surface area contributed by atoms with E-state index in [1.165, 1.54) is 6.33 Å². The molecule has 0 radical (unpaired) electrons. The first-order valence-electron chi connectivity index (χ1n) is 14.2. The summed E-state index contributed by atoms with van der Waals surface area (Å²) in [7, 11) is 0.0310. The molecule has 1 aromatic heterocycles. The topological polar surface area (TPSA) is 122 Å². The van der Waals surface area contributed by atoms with Gasteiger partial charge in [-0.25, -0.2) is 18.4 Å². The fourth-order valence-corrected chi connectivity index (χ4v) is 7.11. The summed E-state index contributed by atoms with van der Waals surface area (Å²) in [6.45, 7) is 4.57. The van der Waals surface area contributed by atoms with Crippen LogP contribution in [-0.2, 0) is 14.6 Å². The maximum absolute atomic E-state index is 13.3. The monoisotopic (exact) mass is 601 g/mol. The van der Waals surface area contributed by atoms with E-state index in [1.54, 1.807) is 61.7 Å². The molecule has 43 heavy (non-hydrogen) atoms. The van der Waals surface area contributed by atoms with Gasteiger partial charge in [0.2, 0.25) is 21.7 Å². The van der Waals surface area contributed by atoms with E-state index in [2.05, 4.69) is 48.5 Å². The molecule has 0 atom stereocenters. The summed E-state index contributed by atoms with van der Waals surface area (Å²) in [6, 6.07) is 21.0. The summed E-state index contributed by atoms with van der Waals surface area (Å²) in [5, 5.41) is 6.26. The third kappa shape index (κ3) is 6.26. The summed E-state index contributed by atoms with van der Waals surface area (Å²) in [6.07, 6.45) is 3.33. The van der Waals surface area contributed by atoms with Crippen LogP contribution in [0.15, 0.2) is 88.9 Å². The minimum absolute atomic E-state index is 0.0498. The van der Waals surface area contributed by atoms with E-state index in [1.807, 2.05) is 12.1 Å². The lowest BCUT2D eigenvalue weighted by Crippen LogP contribution is -2.56. The SMILES string of the molecule is COc1cc(N2CCC3(CC2)CN(C)CCO3)ccc1Nc1ncnc(Nc2ccccc2S(=O)(=O)c2ccccc2)n1. The van der Waals surface area contributed by atoms with Crippen LogP contribution < -0.4 is 20.3 Å². The first-order chi connectivity index (χ1) is 20.8. The highest BCUT2D eigenvalue weighted by Gasteiger charge is 2.38. The lowest BCUT2D eigenvalue weighted by Gasteiger charge is -2.47. The number of piperidine rings is 1. The highest BCUT2D eigenvalue weighted by atomic mass is 32.2. The number of benzene rings is 3. The van der Waals surface area contributed by atoms with Crippen LogP contribution in [0.1, 0.15) is 12.8 Å². The van der Waals surface area contributed by atoms with Gasteiger partial charge in [-0.05, 0) is 56.3 Å². The maximum atomic E-state index is 13.3. The van der Waals surface area contributed by atoms with Crippen molar-refractivity contribution in [1.82, 2.24) is 19.9 Å². The van der Waals surface area contributed by atoms with Crippen LogP contribution in [0.2, 0.25) is 0 Å². The van der Waals surface area contributed by atoms with Crippen molar-refractivity contribution in [3.8, 4) is 5.75 Å². The first-order valence-corrected chi connectivity index (χ1v) is 15.7. The Labute approximate surface area is 251 Å². The zero-order valence-electron chi connectivity index (χ0n) is 24.2. The molecular weight excluding hydrogens is 566 g/mol. The van der Waals surface area contributed by atoms with Crippen molar-refractivity contribution >= 4 is 38.8 Å². The highest BCUT2D eigenvalue weighted by molar-refractivity contribution is 7.91. The number of sulfone groups is 1. The largest absolute Gasteiger partial charge is 0.494 e. The number of nitrogens with one attached hydrogen (secondary N) is 2. The molecule has 0 saturated carbocycles. The predicted octanol–water partition coefficient (Wildman–Crippen LogP) is 4.50. The van der Waals surface area contributed by atoms with Crippen molar-refractivity contribution in [1.29, 1.82) is 0 Å². The second-order valence-corrected chi connectivity index (χ2v) is 12.8. The van der Waals surface area contributed by atoms with E-state index in [9.17, 15) is 8.42 Å².